The fourth-order valence-electron chi connectivity index (χ4n) is 1.89. The van der Waals surface area contributed by atoms with Gasteiger partial charge in [0.2, 0.25) is 0 Å². The molecule has 4 heteroatoms. The van der Waals surface area contributed by atoms with Crippen molar-refractivity contribution in [2.75, 3.05) is 5.32 Å². The monoisotopic (exact) mass is 265 g/mol. The van der Waals surface area contributed by atoms with E-state index in [4.69, 9.17) is 0 Å². The number of hydrogen-bond donors (Lipinski definition) is 1. The summed E-state index contributed by atoms with van der Waals surface area (Å²) < 4.78 is 1.12. The summed E-state index contributed by atoms with van der Waals surface area (Å²) in [5.41, 5.74) is 1.91. The van der Waals surface area contributed by atoms with Crippen LogP contribution in [0.5, 0.6) is 0 Å². The van der Waals surface area contributed by atoms with Gasteiger partial charge in [-0.15, -0.1) is 0 Å². The highest BCUT2D eigenvalue weighted by Crippen LogP contribution is 2.28. The number of nitrogens with one attached hydrogen (secondary N) is 1. The van der Waals surface area contributed by atoms with Gasteiger partial charge in [0.15, 0.2) is 5.13 Å². The van der Waals surface area contributed by atoms with Crippen molar-refractivity contribution >= 4 is 26.7 Å². The van der Waals surface area contributed by atoms with Crippen LogP contribution in [-0.2, 0) is 0 Å². The minimum Gasteiger partial charge on any atom is -0.342 e. The van der Waals surface area contributed by atoms with E-state index in [1.807, 2.05) is 54.6 Å². The minimum atomic E-state index is -0.373. The maximum Gasteiger partial charge on any atom is 0.185 e. The molecule has 1 unspecified atom stereocenters. The summed E-state index contributed by atoms with van der Waals surface area (Å²) >= 11 is 1.56. The third kappa shape index (κ3) is 2.42. The fraction of sp³-hybridized carbons (Fsp3) is 0.0667. The molecule has 0 bridgehead atoms. The summed E-state index contributed by atoms with van der Waals surface area (Å²) in [4.78, 5) is 4.48. The first kappa shape index (κ1) is 11.7. The van der Waals surface area contributed by atoms with Gasteiger partial charge >= 0.3 is 0 Å². The number of thiazole rings is 1. The second-order valence-corrected chi connectivity index (χ2v) is 5.13. The first-order chi connectivity index (χ1) is 9.36. The molecule has 3 nitrogen and oxygen atoms in total. The largest absolute Gasteiger partial charge is 0.342 e. The average Bonchev–Trinajstić information content (AvgIpc) is 2.88. The van der Waals surface area contributed by atoms with Gasteiger partial charge in [-0.05, 0) is 17.7 Å². The first-order valence-electron chi connectivity index (χ1n) is 5.93. The highest BCUT2D eigenvalue weighted by atomic mass is 32.1. The van der Waals surface area contributed by atoms with Crippen LogP contribution in [0.25, 0.3) is 10.2 Å². The van der Waals surface area contributed by atoms with Gasteiger partial charge in [0.25, 0.3) is 0 Å². The molecule has 0 saturated heterocycles. The molecule has 0 aliphatic heterocycles. The molecule has 19 heavy (non-hydrogen) atoms. The molecule has 1 N–H and O–H groups in total. The van der Waals surface area contributed by atoms with E-state index < -0.39 is 0 Å². The Morgan fingerprint density at radius 2 is 1.79 bits per heavy atom. The van der Waals surface area contributed by atoms with E-state index in [0.29, 0.717) is 0 Å². The fourth-order valence-corrected chi connectivity index (χ4v) is 2.79. The Bertz CT molecular complexity index is 695. The molecule has 3 aromatic rings. The molecule has 0 saturated carbocycles. The number of aromatic nitrogens is 1. The third-order valence-corrected chi connectivity index (χ3v) is 3.79. The van der Waals surface area contributed by atoms with Crippen LogP contribution in [-0.4, -0.2) is 4.98 Å². The SMILES string of the molecule is N#CC(Nc1nc2ccccc2s1)c1ccccc1. The summed E-state index contributed by atoms with van der Waals surface area (Å²) in [5, 5.41) is 13.2. The second kappa shape index (κ2) is 5.09. The van der Waals surface area contributed by atoms with E-state index in [2.05, 4.69) is 16.4 Å². The molecule has 1 aromatic heterocycles. The molecule has 2 aromatic carbocycles. The molecular formula is C15H11N3S. The van der Waals surface area contributed by atoms with Crippen LogP contribution >= 0.6 is 11.3 Å². The van der Waals surface area contributed by atoms with E-state index in [1.54, 1.807) is 11.3 Å². The normalized spacial score (nSPS) is 11.9. The molecule has 0 aliphatic rings. The number of para-hydroxylation sites is 1. The van der Waals surface area contributed by atoms with Crippen molar-refractivity contribution in [3.63, 3.8) is 0 Å². The van der Waals surface area contributed by atoms with Crippen LogP contribution in [0.2, 0.25) is 0 Å². The van der Waals surface area contributed by atoms with Crippen LogP contribution in [0.15, 0.2) is 54.6 Å². The van der Waals surface area contributed by atoms with Gasteiger partial charge < -0.3 is 5.32 Å². The van der Waals surface area contributed by atoms with E-state index in [1.165, 1.54) is 0 Å². The van der Waals surface area contributed by atoms with E-state index >= 15 is 0 Å². The van der Waals surface area contributed by atoms with Gasteiger partial charge in [0, 0.05) is 0 Å². The van der Waals surface area contributed by atoms with Crippen LogP contribution < -0.4 is 5.32 Å². The van der Waals surface area contributed by atoms with Gasteiger partial charge in [0.1, 0.15) is 6.04 Å². The summed E-state index contributed by atoms with van der Waals surface area (Å²) in [6.07, 6.45) is 0. The van der Waals surface area contributed by atoms with Crippen LogP contribution in [0.4, 0.5) is 5.13 Å². The molecule has 92 valence electrons. The first-order valence-corrected chi connectivity index (χ1v) is 6.75. The Kier molecular flexibility index (Phi) is 3.13. The highest BCUT2D eigenvalue weighted by Gasteiger charge is 2.12. The molecule has 3 rings (SSSR count). The Morgan fingerprint density at radius 3 is 2.53 bits per heavy atom. The Hall–Kier alpha value is -2.38. The van der Waals surface area contributed by atoms with Crippen molar-refractivity contribution in [3.8, 4) is 6.07 Å². The molecule has 1 heterocycles. The van der Waals surface area contributed by atoms with Gasteiger partial charge in [-0.2, -0.15) is 5.26 Å². The van der Waals surface area contributed by atoms with Gasteiger partial charge in [-0.1, -0.05) is 53.8 Å². The molecule has 0 amide bonds. The molecule has 0 spiro atoms. The van der Waals surface area contributed by atoms with Crippen molar-refractivity contribution < 1.29 is 0 Å². The summed E-state index contributed by atoms with van der Waals surface area (Å²) in [6.45, 7) is 0. The van der Waals surface area contributed by atoms with E-state index in [0.717, 1.165) is 20.9 Å². The van der Waals surface area contributed by atoms with Crippen molar-refractivity contribution in [3.05, 3.63) is 60.2 Å². The summed E-state index contributed by atoms with van der Waals surface area (Å²) in [5.74, 6) is 0. The maximum atomic E-state index is 9.28. The van der Waals surface area contributed by atoms with Crippen molar-refractivity contribution in [1.29, 1.82) is 5.26 Å². The average molecular weight is 265 g/mol. The topological polar surface area (TPSA) is 48.7 Å². The van der Waals surface area contributed by atoms with Gasteiger partial charge in [-0.3, -0.25) is 0 Å². The summed E-state index contributed by atoms with van der Waals surface area (Å²) in [6, 6.07) is 19.5. The number of benzene rings is 2. The van der Waals surface area contributed by atoms with Crippen LogP contribution in [0, 0.1) is 11.3 Å². The molecule has 0 fully saturated rings. The van der Waals surface area contributed by atoms with Crippen molar-refractivity contribution in [2.45, 2.75) is 6.04 Å². The standard InChI is InChI=1S/C15H11N3S/c16-10-13(11-6-2-1-3-7-11)18-15-17-12-8-4-5-9-14(12)19-15/h1-9,13H,(H,17,18). The lowest BCUT2D eigenvalue weighted by Gasteiger charge is -2.09. The van der Waals surface area contributed by atoms with Gasteiger partial charge in [0.05, 0.1) is 16.3 Å². The lowest BCUT2D eigenvalue weighted by atomic mass is 10.1. The van der Waals surface area contributed by atoms with Crippen molar-refractivity contribution in [1.82, 2.24) is 4.98 Å². The zero-order valence-corrected chi connectivity index (χ0v) is 10.9. The zero-order chi connectivity index (χ0) is 13.1. The molecule has 0 radical (unpaired) electrons. The van der Waals surface area contributed by atoms with E-state index in [9.17, 15) is 5.26 Å². The number of nitrogens with zero attached hydrogens (tertiary/aromatic N) is 2. The number of rotatable bonds is 3. The maximum absolute atomic E-state index is 9.28. The quantitative estimate of drug-likeness (QED) is 0.779. The van der Waals surface area contributed by atoms with Gasteiger partial charge in [-0.25, -0.2) is 4.98 Å². The zero-order valence-electron chi connectivity index (χ0n) is 10.1. The predicted molar refractivity (Wildman–Crippen MR) is 78.0 cm³/mol. The number of nitriles is 1. The Balaban J connectivity index is 1.89. The lowest BCUT2D eigenvalue weighted by Crippen LogP contribution is -2.07. The van der Waals surface area contributed by atoms with Crippen LogP contribution in [0.3, 0.4) is 0 Å². The highest BCUT2D eigenvalue weighted by molar-refractivity contribution is 7.22. The smallest absolute Gasteiger partial charge is 0.185 e. The number of hydrogen-bond acceptors (Lipinski definition) is 4. The predicted octanol–water partition coefficient (Wildman–Crippen LogP) is 3.97. The number of fused-ring (bicyclic) bond motifs is 1. The van der Waals surface area contributed by atoms with Crippen LogP contribution in [0.1, 0.15) is 11.6 Å². The third-order valence-electron chi connectivity index (χ3n) is 2.82. The molecular weight excluding hydrogens is 254 g/mol. The lowest BCUT2D eigenvalue weighted by molar-refractivity contribution is 0.994. The number of anilines is 1. The Morgan fingerprint density at radius 1 is 1.05 bits per heavy atom. The van der Waals surface area contributed by atoms with Crippen molar-refractivity contribution in [2.24, 2.45) is 0 Å². The summed E-state index contributed by atoms with van der Waals surface area (Å²) in [7, 11) is 0. The van der Waals surface area contributed by atoms with E-state index in [-0.39, 0.29) is 6.04 Å². The molecule has 0 aliphatic carbocycles. The molecule has 1 atom stereocenters. The minimum absolute atomic E-state index is 0.373. The second-order valence-electron chi connectivity index (χ2n) is 4.10. The Labute approximate surface area is 115 Å².